The molecule has 1 aromatic heterocycles. The van der Waals surface area contributed by atoms with Crippen LogP contribution in [0.2, 0.25) is 0 Å². The number of aromatic nitrogens is 2. The number of benzene rings is 2. The van der Waals surface area contributed by atoms with Gasteiger partial charge in [0.1, 0.15) is 5.82 Å². The molecule has 3 aromatic rings. The van der Waals surface area contributed by atoms with Gasteiger partial charge in [0.25, 0.3) is 0 Å². The Balaban J connectivity index is 1.75. The number of sulfonamides is 1. The number of rotatable bonds is 6. The van der Waals surface area contributed by atoms with Crippen molar-refractivity contribution in [2.45, 2.75) is 24.7 Å². The van der Waals surface area contributed by atoms with Crippen molar-refractivity contribution >= 4 is 32.7 Å². The van der Waals surface area contributed by atoms with Crippen LogP contribution in [0.4, 0.5) is 5.69 Å². The molecule has 1 N–H and O–H groups in total. The van der Waals surface area contributed by atoms with E-state index in [2.05, 4.69) is 10.3 Å². The number of hydrogen-bond acceptors (Lipinski definition) is 4. The number of imidazole rings is 1. The number of amides is 1. The fourth-order valence-electron chi connectivity index (χ4n) is 2.91. The van der Waals surface area contributed by atoms with Gasteiger partial charge in [-0.1, -0.05) is 17.7 Å². The van der Waals surface area contributed by atoms with Gasteiger partial charge in [-0.3, -0.25) is 4.79 Å². The Hall–Kier alpha value is -2.71. The van der Waals surface area contributed by atoms with Gasteiger partial charge in [0, 0.05) is 39.7 Å². The van der Waals surface area contributed by atoms with Crippen LogP contribution in [0.5, 0.6) is 0 Å². The lowest BCUT2D eigenvalue weighted by molar-refractivity contribution is -0.116. The molecule has 0 spiro atoms. The molecule has 0 aliphatic rings. The van der Waals surface area contributed by atoms with E-state index in [1.807, 2.05) is 42.8 Å². The van der Waals surface area contributed by atoms with E-state index in [0.29, 0.717) is 11.9 Å². The average molecular weight is 401 g/mol. The third-order valence-corrected chi connectivity index (χ3v) is 6.45. The molecule has 28 heavy (non-hydrogen) atoms. The maximum Gasteiger partial charge on any atom is 0.242 e. The van der Waals surface area contributed by atoms with Crippen molar-refractivity contribution in [3.8, 4) is 0 Å². The first-order chi connectivity index (χ1) is 13.2. The number of anilines is 1. The fraction of sp³-hybridized carbons (Fsp3) is 0.300. The summed E-state index contributed by atoms with van der Waals surface area (Å²) in [7, 11) is 1.34. The lowest BCUT2D eigenvalue weighted by Gasteiger charge is -2.10. The first-order valence-corrected chi connectivity index (χ1v) is 10.4. The van der Waals surface area contributed by atoms with Gasteiger partial charge >= 0.3 is 0 Å². The van der Waals surface area contributed by atoms with Gasteiger partial charge in [-0.25, -0.2) is 17.7 Å². The zero-order chi connectivity index (χ0) is 20.5. The molecule has 0 saturated carbocycles. The fourth-order valence-corrected chi connectivity index (χ4v) is 3.83. The monoisotopic (exact) mass is 400 g/mol. The predicted molar refractivity (Wildman–Crippen MR) is 110 cm³/mol. The summed E-state index contributed by atoms with van der Waals surface area (Å²) >= 11 is 0. The minimum atomic E-state index is -3.52. The van der Waals surface area contributed by atoms with Crippen LogP contribution in [0, 0.1) is 6.92 Å². The first-order valence-electron chi connectivity index (χ1n) is 8.93. The van der Waals surface area contributed by atoms with Crippen molar-refractivity contribution < 1.29 is 13.2 Å². The standard InChI is InChI=1S/C20H24N4O3S/c1-14-5-7-15(8-6-14)21-20(25)12-11-19-22-17-13-16(28(26,27)23(2)3)9-10-18(17)24(19)4/h5-10,13H,11-12H2,1-4H3,(H,21,25). The maximum atomic E-state index is 12.3. The summed E-state index contributed by atoms with van der Waals surface area (Å²) in [4.78, 5) is 17.0. The molecule has 8 heteroatoms. The lowest BCUT2D eigenvalue weighted by atomic mass is 10.2. The number of aryl methyl sites for hydroxylation is 3. The number of carbonyl (C=O) groups excluding carboxylic acids is 1. The number of nitrogens with zero attached hydrogens (tertiary/aromatic N) is 3. The topological polar surface area (TPSA) is 84.3 Å². The smallest absolute Gasteiger partial charge is 0.242 e. The van der Waals surface area contributed by atoms with E-state index in [1.54, 1.807) is 18.2 Å². The summed E-state index contributed by atoms with van der Waals surface area (Å²) in [5.74, 6) is 0.639. The van der Waals surface area contributed by atoms with E-state index in [-0.39, 0.29) is 17.2 Å². The molecule has 2 aromatic carbocycles. The van der Waals surface area contributed by atoms with Gasteiger partial charge in [0.05, 0.1) is 15.9 Å². The number of hydrogen-bond donors (Lipinski definition) is 1. The second kappa shape index (κ2) is 7.73. The van der Waals surface area contributed by atoms with Crippen molar-refractivity contribution in [1.29, 1.82) is 0 Å². The van der Waals surface area contributed by atoms with Crippen molar-refractivity contribution in [2.24, 2.45) is 7.05 Å². The molecule has 0 fully saturated rings. The Bertz CT molecular complexity index is 1120. The Labute approximate surface area is 165 Å². The molecule has 0 radical (unpaired) electrons. The summed E-state index contributed by atoms with van der Waals surface area (Å²) < 4.78 is 27.7. The molecule has 3 rings (SSSR count). The predicted octanol–water partition coefficient (Wildman–Crippen LogP) is 2.70. The molecule has 0 aliphatic carbocycles. The molecule has 1 amide bonds. The van der Waals surface area contributed by atoms with Crippen molar-refractivity contribution in [2.75, 3.05) is 19.4 Å². The zero-order valence-corrected chi connectivity index (χ0v) is 17.2. The van der Waals surface area contributed by atoms with E-state index >= 15 is 0 Å². The minimum Gasteiger partial charge on any atom is -0.331 e. The molecular formula is C20H24N4O3S. The van der Waals surface area contributed by atoms with Crippen LogP contribution in [0.15, 0.2) is 47.4 Å². The molecule has 0 unspecified atom stereocenters. The second-order valence-electron chi connectivity index (χ2n) is 6.94. The van der Waals surface area contributed by atoms with Crippen LogP contribution in [-0.4, -0.2) is 42.3 Å². The van der Waals surface area contributed by atoms with Gasteiger partial charge in [-0.05, 0) is 37.3 Å². The molecular weight excluding hydrogens is 376 g/mol. The molecule has 0 saturated heterocycles. The van der Waals surface area contributed by atoms with E-state index < -0.39 is 10.0 Å². The van der Waals surface area contributed by atoms with Crippen molar-refractivity contribution in [3.05, 3.63) is 53.9 Å². The van der Waals surface area contributed by atoms with E-state index in [4.69, 9.17) is 0 Å². The first kappa shape index (κ1) is 20.0. The number of nitrogens with one attached hydrogen (secondary N) is 1. The van der Waals surface area contributed by atoms with Gasteiger partial charge in [0.2, 0.25) is 15.9 Å². The molecule has 0 bridgehead atoms. The van der Waals surface area contributed by atoms with Gasteiger partial charge in [-0.2, -0.15) is 0 Å². The highest BCUT2D eigenvalue weighted by Gasteiger charge is 2.19. The Kier molecular flexibility index (Phi) is 5.53. The summed E-state index contributed by atoms with van der Waals surface area (Å²) in [6.45, 7) is 1.99. The van der Waals surface area contributed by atoms with Crippen LogP contribution in [0.3, 0.4) is 0 Å². The van der Waals surface area contributed by atoms with Crippen molar-refractivity contribution in [3.63, 3.8) is 0 Å². The lowest BCUT2D eigenvalue weighted by Crippen LogP contribution is -2.22. The molecule has 0 aliphatic heterocycles. The number of fused-ring (bicyclic) bond motifs is 1. The summed E-state index contributed by atoms with van der Waals surface area (Å²) in [5.41, 5.74) is 3.32. The maximum absolute atomic E-state index is 12.3. The second-order valence-corrected chi connectivity index (χ2v) is 9.09. The average Bonchev–Trinajstić information content (AvgIpc) is 2.97. The van der Waals surface area contributed by atoms with Crippen molar-refractivity contribution in [1.82, 2.24) is 13.9 Å². The SMILES string of the molecule is Cc1ccc(NC(=O)CCc2nc3cc(S(=O)(=O)N(C)C)ccc3n2C)cc1. The zero-order valence-electron chi connectivity index (χ0n) is 16.4. The Morgan fingerprint density at radius 3 is 2.46 bits per heavy atom. The summed E-state index contributed by atoms with van der Waals surface area (Å²) in [5, 5.41) is 2.87. The molecule has 7 nitrogen and oxygen atoms in total. The summed E-state index contributed by atoms with van der Waals surface area (Å²) in [6, 6.07) is 12.5. The molecule has 148 valence electrons. The highest BCUT2D eigenvalue weighted by Crippen LogP contribution is 2.22. The van der Waals surface area contributed by atoms with Crippen LogP contribution in [0.25, 0.3) is 11.0 Å². The normalized spacial score (nSPS) is 11.9. The van der Waals surface area contributed by atoms with E-state index in [1.165, 1.54) is 18.4 Å². The number of carbonyl (C=O) groups is 1. The highest BCUT2D eigenvalue weighted by atomic mass is 32.2. The van der Waals surface area contributed by atoms with Gasteiger partial charge in [0.15, 0.2) is 0 Å². The van der Waals surface area contributed by atoms with Gasteiger partial charge in [-0.15, -0.1) is 0 Å². The Morgan fingerprint density at radius 2 is 1.82 bits per heavy atom. The Morgan fingerprint density at radius 1 is 1.14 bits per heavy atom. The minimum absolute atomic E-state index is 0.0909. The van der Waals surface area contributed by atoms with E-state index in [0.717, 1.165) is 22.6 Å². The van der Waals surface area contributed by atoms with Crippen LogP contribution in [-0.2, 0) is 28.3 Å². The summed E-state index contributed by atoms with van der Waals surface area (Å²) in [6.07, 6.45) is 0.743. The van der Waals surface area contributed by atoms with Crippen LogP contribution in [0.1, 0.15) is 17.8 Å². The third kappa shape index (κ3) is 4.07. The van der Waals surface area contributed by atoms with Gasteiger partial charge < -0.3 is 9.88 Å². The highest BCUT2D eigenvalue weighted by molar-refractivity contribution is 7.89. The quantitative estimate of drug-likeness (QED) is 0.689. The van der Waals surface area contributed by atoms with E-state index in [9.17, 15) is 13.2 Å². The third-order valence-electron chi connectivity index (χ3n) is 4.63. The molecule has 1 heterocycles. The largest absolute Gasteiger partial charge is 0.331 e. The molecule has 0 atom stereocenters. The van der Waals surface area contributed by atoms with Crippen LogP contribution >= 0.6 is 0 Å². The van der Waals surface area contributed by atoms with Crippen LogP contribution < -0.4 is 5.32 Å².